The minimum absolute atomic E-state index is 0.105. The van der Waals surface area contributed by atoms with Crippen LogP contribution in [-0.2, 0) is 0 Å². The van der Waals surface area contributed by atoms with Crippen LogP contribution >= 0.6 is 11.6 Å². The first-order chi connectivity index (χ1) is 13.5. The maximum absolute atomic E-state index is 13.2. The number of benzene rings is 1. The molecule has 0 saturated carbocycles. The van der Waals surface area contributed by atoms with E-state index in [1.54, 1.807) is 29.1 Å². The molecule has 0 bridgehead atoms. The predicted molar refractivity (Wildman–Crippen MR) is 99.6 cm³/mol. The van der Waals surface area contributed by atoms with E-state index in [0.717, 1.165) is 0 Å². The number of halogens is 2. The second kappa shape index (κ2) is 7.32. The lowest BCUT2D eigenvalue weighted by atomic mass is 10.1. The molecule has 0 aliphatic heterocycles. The summed E-state index contributed by atoms with van der Waals surface area (Å²) in [6.07, 6.45) is 4.65. The van der Waals surface area contributed by atoms with Gasteiger partial charge >= 0.3 is 0 Å². The molecule has 1 atom stereocenters. The Kier molecular flexibility index (Phi) is 4.70. The highest BCUT2D eigenvalue weighted by Gasteiger charge is 2.17. The van der Waals surface area contributed by atoms with Crippen LogP contribution in [0.5, 0.6) is 0 Å². The number of carbonyl (C=O) groups is 1. The summed E-state index contributed by atoms with van der Waals surface area (Å²) in [6.45, 7) is 1.87. The standard InChI is InChI=1S/C19H14ClFN4O3/c1-11(14-5-4-12(21)7-15(14)20)25-10-13(9-22-25)23-19(26)16-8-18(28-24-16)17-3-2-6-27-17/h2-11H,1H3,(H,23,26). The van der Waals surface area contributed by atoms with Crippen molar-refractivity contribution in [1.29, 1.82) is 0 Å². The summed E-state index contributed by atoms with van der Waals surface area (Å²) in [5, 5.41) is 11.0. The molecule has 142 valence electrons. The number of aromatic nitrogens is 3. The molecule has 0 radical (unpaired) electrons. The van der Waals surface area contributed by atoms with Crippen molar-refractivity contribution in [1.82, 2.24) is 14.9 Å². The Morgan fingerprint density at radius 1 is 1.29 bits per heavy atom. The zero-order valence-electron chi connectivity index (χ0n) is 14.6. The van der Waals surface area contributed by atoms with E-state index >= 15 is 0 Å². The van der Waals surface area contributed by atoms with Gasteiger partial charge in [-0.1, -0.05) is 22.8 Å². The van der Waals surface area contributed by atoms with Crippen LogP contribution in [0.25, 0.3) is 11.5 Å². The third-order valence-corrected chi connectivity index (χ3v) is 4.50. The molecule has 1 unspecified atom stereocenters. The van der Waals surface area contributed by atoms with Crippen molar-refractivity contribution < 1.29 is 18.1 Å². The molecule has 9 heteroatoms. The average Bonchev–Trinajstić information content (AvgIpc) is 3.41. The van der Waals surface area contributed by atoms with Crippen LogP contribution in [0.4, 0.5) is 10.1 Å². The minimum Gasteiger partial charge on any atom is -0.461 e. The normalized spacial score (nSPS) is 12.1. The number of nitrogens with one attached hydrogen (secondary N) is 1. The van der Waals surface area contributed by atoms with Gasteiger partial charge in [0.2, 0.25) is 5.76 Å². The summed E-state index contributed by atoms with van der Waals surface area (Å²) in [7, 11) is 0. The number of hydrogen-bond acceptors (Lipinski definition) is 5. The van der Waals surface area contributed by atoms with Crippen molar-refractivity contribution >= 4 is 23.2 Å². The summed E-state index contributed by atoms with van der Waals surface area (Å²) in [5.41, 5.74) is 1.29. The molecule has 0 saturated heterocycles. The maximum Gasteiger partial charge on any atom is 0.277 e. The SMILES string of the molecule is CC(c1ccc(F)cc1Cl)n1cc(NC(=O)c2cc(-c3ccco3)on2)cn1. The zero-order valence-corrected chi connectivity index (χ0v) is 15.4. The Balaban J connectivity index is 1.48. The summed E-state index contributed by atoms with van der Waals surface area (Å²) in [4.78, 5) is 12.4. The van der Waals surface area contributed by atoms with Crippen LogP contribution in [0.1, 0.15) is 29.0 Å². The van der Waals surface area contributed by atoms with Crippen molar-refractivity contribution in [2.75, 3.05) is 5.32 Å². The molecule has 1 aromatic carbocycles. The molecule has 0 spiro atoms. The maximum atomic E-state index is 13.2. The highest BCUT2D eigenvalue weighted by molar-refractivity contribution is 6.31. The molecule has 0 aliphatic carbocycles. The van der Waals surface area contributed by atoms with E-state index in [-0.39, 0.29) is 11.7 Å². The van der Waals surface area contributed by atoms with Crippen molar-refractivity contribution in [2.24, 2.45) is 0 Å². The fourth-order valence-corrected chi connectivity index (χ4v) is 3.03. The number of hydrogen-bond donors (Lipinski definition) is 1. The zero-order chi connectivity index (χ0) is 19.7. The highest BCUT2D eigenvalue weighted by atomic mass is 35.5. The fraction of sp³-hybridized carbons (Fsp3) is 0.105. The van der Waals surface area contributed by atoms with Crippen molar-refractivity contribution in [3.63, 3.8) is 0 Å². The van der Waals surface area contributed by atoms with E-state index in [1.165, 1.54) is 30.7 Å². The Labute approximate surface area is 163 Å². The molecule has 0 fully saturated rings. The molecule has 4 rings (SSSR count). The van der Waals surface area contributed by atoms with Gasteiger partial charge in [0.15, 0.2) is 11.5 Å². The Morgan fingerprint density at radius 3 is 2.89 bits per heavy atom. The summed E-state index contributed by atoms with van der Waals surface area (Å²) in [5.74, 6) is -0.0285. The molecular formula is C19H14ClFN4O3. The Morgan fingerprint density at radius 2 is 2.14 bits per heavy atom. The average molecular weight is 401 g/mol. The van der Waals surface area contributed by atoms with E-state index in [0.29, 0.717) is 27.8 Å². The van der Waals surface area contributed by atoms with Gasteiger partial charge in [-0.15, -0.1) is 0 Å². The fourth-order valence-electron chi connectivity index (χ4n) is 2.71. The third-order valence-electron chi connectivity index (χ3n) is 4.18. The number of carbonyl (C=O) groups excluding carboxylic acids is 1. The molecule has 4 aromatic rings. The first-order valence-electron chi connectivity index (χ1n) is 8.32. The van der Waals surface area contributed by atoms with E-state index in [9.17, 15) is 9.18 Å². The van der Waals surface area contributed by atoms with Crippen LogP contribution in [0.2, 0.25) is 5.02 Å². The lowest BCUT2D eigenvalue weighted by molar-refractivity contribution is 0.101. The topological polar surface area (TPSA) is 86.1 Å². The summed E-state index contributed by atoms with van der Waals surface area (Å²) >= 11 is 6.11. The van der Waals surface area contributed by atoms with Crippen LogP contribution in [0.15, 0.2) is 64.0 Å². The van der Waals surface area contributed by atoms with Gasteiger partial charge in [-0.3, -0.25) is 9.48 Å². The molecule has 7 nitrogen and oxygen atoms in total. The molecule has 1 N–H and O–H groups in total. The van der Waals surface area contributed by atoms with Crippen LogP contribution < -0.4 is 5.32 Å². The molecular weight excluding hydrogens is 387 g/mol. The van der Waals surface area contributed by atoms with E-state index in [2.05, 4.69) is 15.6 Å². The number of furan rings is 1. The second-order valence-corrected chi connectivity index (χ2v) is 6.47. The Hall–Kier alpha value is -3.39. The quantitative estimate of drug-likeness (QED) is 0.520. The van der Waals surface area contributed by atoms with Crippen molar-refractivity contribution in [3.05, 3.63) is 77.2 Å². The van der Waals surface area contributed by atoms with Gasteiger partial charge in [-0.05, 0) is 36.8 Å². The van der Waals surface area contributed by atoms with Gasteiger partial charge in [0, 0.05) is 17.3 Å². The second-order valence-electron chi connectivity index (χ2n) is 6.06. The lowest BCUT2D eigenvalue weighted by Crippen LogP contribution is -2.12. The van der Waals surface area contributed by atoms with Crippen LogP contribution in [0, 0.1) is 5.82 Å². The monoisotopic (exact) mass is 400 g/mol. The van der Waals surface area contributed by atoms with Gasteiger partial charge in [-0.25, -0.2) is 4.39 Å². The van der Waals surface area contributed by atoms with E-state index < -0.39 is 11.7 Å². The number of anilines is 1. The highest BCUT2D eigenvalue weighted by Crippen LogP contribution is 2.27. The molecule has 1 amide bonds. The summed E-state index contributed by atoms with van der Waals surface area (Å²) < 4.78 is 25.2. The first-order valence-corrected chi connectivity index (χ1v) is 8.70. The number of nitrogens with zero attached hydrogens (tertiary/aromatic N) is 3. The number of amides is 1. The largest absolute Gasteiger partial charge is 0.461 e. The molecule has 28 heavy (non-hydrogen) atoms. The third kappa shape index (κ3) is 3.54. The van der Waals surface area contributed by atoms with Crippen LogP contribution in [-0.4, -0.2) is 20.8 Å². The van der Waals surface area contributed by atoms with E-state index in [4.69, 9.17) is 20.5 Å². The first kappa shape index (κ1) is 18.0. The predicted octanol–water partition coefficient (Wildman–Crippen LogP) is 4.79. The number of rotatable bonds is 5. The van der Waals surface area contributed by atoms with E-state index in [1.807, 2.05) is 6.92 Å². The van der Waals surface area contributed by atoms with Gasteiger partial charge in [0.05, 0.1) is 24.2 Å². The smallest absolute Gasteiger partial charge is 0.277 e. The van der Waals surface area contributed by atoms with Crippen molar-refractivity contribution in [3.8, 4) is 11.5 Å². The minimum atomic E-state index is -0.450. The lowest BCUT2D eigenvalue weighted by Gasteiger charge is -2.14. The van der Waals surface area contributed by atoms with Gasteiger partial charge in [-0.2, -0.15) is 5.10 Å². The molecule has 0 aliphatic rings. The summed E-state index contributed by atoms with van der Waals surface area (Å²) in [6, 6.07) is 8.84. The van der Waals surface area contributed by atoms with Gasteiger partial charge < -0.3 is 14.3 Å². The van der Waals surface area contributed by atoms with Crippen LogP contribution in [0.3, 0.4) is 0 Å². The Bertz CT molecular complexity index is 1120. The molecule has 3 heterocycles. The molecule has 3 aromatic heterocycles. The van der Waals surface area contributed by atoms with Crippen molar-refractivity contribution in [2.45, 2.75) is 13.0 Å². The van der Waals surface area contributed by atoms with Gasteiger partial charge in [0.1, 0.15) is 5.82 Å². The van der Waals surface area contributed by atoms with Gasteiger partial charge in [0.25, 0.3) is 5.91 Å².